The Balaban J connectivity index is 2.47. The number of rotatable bonds is 7. The fourth-order valence-electron chi connectivity index (χ4n) is 2.54. The lowest BCUT2D eigenvalue weighted by Gasteiger charge is -2.31. The van der Waals surface area contributed by atoms with Gasteiger partial charge in [0.2, 0.25) is 5.91 Å². The van der Waals surface area contributed by atoms with Crippen LogP contribution in [0.1, 0.15) is 59.3 Å². The molecule has 0 aliphatic carbocycles. The molecule has 4 nitrogen and oxygen atoms in total. The van der Waals surface area contributed by atoms with Gasteiger partial charge >= 0.3 is 0 Å². The Hall–Kier alpha value is -1.08. The molecule has 4 heteroatoms. The zero-order chi connectivity index (χ0) is 15.1. The van der Waals surface area contributed by atoms with Crippen LogP contribution in [-0.4, -0.2) is 25.7 Å². The van der Waals surface area contributed by atoms with Crippen molar-refractivity contribution in [2.75, 3.05) is 19.8 Å². The van der Waals surface area contributed by atoms with Crippen LogP contribution < -0.4 is 5.32 Å². The molecule has 0 aromatic rings. The topological polar surface area (TPSA) is 62.1 Å². The van der Waals surface area contributed by atoms with E-state index in [0.717, 1.165) is 6.42 Å². The van der Waals surface area contributed by atoms with E-state index in [1.54, 1.807) is 0 Å². The van der Waals surface area contributed by atoms with Crippen LogP contribution in [0, 0.1) is 22.2 Å². The highest BCUT2D eigenvalue weighted by Gasteiger charge is 2.40. The van der Waals surface area contributed by atoms with Crippen molar-refractivity contribution >= 4 is 5.91 Å². The normalized spacial score (nSPS) is 18.3. The number of unbranched alkanes of at least 4 members (excludes halogenated alkanes) is 2. The number of carbonyl (C=O) groups is 1. The van der Waals surface area contributed by atoms with Gasteiger partial charge in [0.25, 0.3) is 0 Å². The van der Waals surface area contributed by atoms with Gasteiger partial charge in [-0.2, -0.15) is 5.26 Å². The molecule has 1 heterocycles. The summed E-state index contributed by atoms with van der Waals surface area (Å²) < 4.78 is 5.26. The third-order valence-electron chi connectivity index (χ3n) is 4.18. The van der Waals surface area contributed by atoms with E-state index in [4.69, 9.17) is 4.74 Å². The van der Waals surface area contributed by atoms with E-state index < -0.39 is 5.41 Å². The van der Waals surface area contributed by atoms with Gasteiger partial charge in [0.05, 0.1) is 6.07 Å². The van der Waals surface area contributed by atoms with Crippen molar-refractivity contribution in [2.45, 2.75) is 59.3 Å². The maximum atomic E-state index is 12.3. The van der Waals surface area contributed by atoms with Crippen molar-refractivity contribution < 1.29 is 9.53 Å². The van der Waals surface area contributed by atoms with Crippen LogP contribution in [0.25, 0.3) is 0 Å². The first-order valence-electron chi connectivity index (χ1n) is 7.73. The van der Waals surface area contributed by atoms with Gasteiger partial charge in [0, 0.05) is 19.8 Å². The average molecular weight is 280 g/mol. The second-order valence-corrected chi connectivity index (χ2v) is 6.61. The van der Waals surface area contributed by atoms with Crippen LogP contribution in [-0.2, 0) is 9.53 Å². The predicted octanol–water partition coefficient (Wildman–Crippen LogP) is 3.03. The summed E-state index contributed by atoms with van der Waals surface area (Å²) in [4.78, 5) is 12.3. The fourth-order valence-corrected chi connectivity index (χ4v) is 2.54. The standard InChI is InChI=1S/C16H28N2O2/c1-4-5-6-7-15(2,3)13-18-14(19)16(12-17)8-10-20-11-9-16/h4-11,13H2,1-3H3,(H,18,19). The van der Waals surface area contributed by atoms with E-state index in [2.05, 4.69) is 32.2 Å². The number of nitrogens with zero attached hydrogens (tertiary/aromatic N) is 1. The largest absolute Gasteiger partial charge is 0.381 e. The van der Waals surface area contributed by atoms with E-state index >= 15 is 0 Å². The first kappa shape index (κ1) is 17.0. The van der Waals surface area contributed by atoms with Gasteiger partial charge in [-0.05, 0) is 24.7 Å². The predicted molar refractivity (Wildman–Crippen MR) is 79.0 cm³/mol. The Morgan fingerprint density at radius 2 is 2.00 bits per heavy atom. The number of ether oxygens (including phenoxy) is 1. The highest BCUT2D eigenvalue weighted by atomic mass is 16.5. The van der Waals surface area contributed by atoms with Crippen LogP contribution in [0.4, 0.5) is 0 Å². The van der Waals surface area contributed by atoms with E-state index in [1.807, 2.05) is 0 Å². The SMILES string of the molecule is CCCCCC(C)(C)CNC(=O)C1(C#N)CCOCC1. The van der Waals surface area contributed by atoms with E-state index in [9.17, 15) is 10.1 Å². The van der Waals surface area contributed by atoms with Crippen LogP contribution in [0.5, 0.6) is 0 Å². The molecule has 1 saturated heterocycles. The molecule has 114 valence electrons. The van der Waals surface area contributed by atoms with E-state index in [1.165, 1.54) is 19.3 Å². The third-order valence-corrected chi connectivity index (χ3v) is 4.18. The van der Waals surface area contributed by atoms with Gasteiger partial charge in [0.1, 0.15) is 5.41 Å². The van der Waals surface area contributed by atoms with Crippen molar-refractivity contribution in [3.8, 4) is 6.07 Å². The molecule has 0 unspecified atom stereocenters. The number of amides is 1. The monoisotopic (exact) mass is 280 g/mol. The Morgan fingerprint density at radius 3 is 2.55 bits per heavy atom. The molecule has 1 aliphatic rings. The Labute approximate surface area is 122 Å². The smallest absolute Gasteiger partial charge is 0.240 e. The van der Waals surface area contributed by atoms with Crippen molar-refractivity contribution in [2.24, 2.45) is 10.8 Å². The molecule has 0 aromatic carbocycles. The molecule has 20 heavy (non-hydrogen) atoms. The molecule has 1 rings (SSSR count). The van der Waals surface area contributed by atoms with Crippen molar-refractivity contribution in [1.29, 1.82) is 5.26 Å². The van der Waals surface area contributed by atoms with Crippen molar-refractivity contribution in [3.05, 3.63) is 0 Å². The zero-order valence-corrected chi connectivity index (χ0v) is 13.1. The zero-order valence-electron chi connectivity index (χ0n) is 13.1. The van der Waals surface area contributed by atoms with Crippen LogP contribution >= 0.6 is 0 Å². The number of hydrogen-bond donors (Lipinski definition) is 1. The molecule has 0 aromatic heterocycles. The van der Waals surface area contributed by atoms with Gasteiger partial charge in [-0.3, -0.25) is 4.79 Å². The lowest BCUT2D eigenvalue weighted by Crippen LogP contribution is -2.46. The van der Waals surface area contributed by atoms with E-state index in [-0.39, 0.29) is 11.3 Å². The van der Waals surface area contributed by atoms with Gasteiger partial charge in [-0.1, -0.05) is 40.0 Å². The molecule has 0 saturated carbocycles. The first-order chi connectivity index (χ1) is 9.46. The number of hydrogen-bond acceptors (Lipinski definition) is 3. The lowest BCUT2D eigenvalue weighted by atomic mass is 9.80. The molecule has 1 N–H and O–H groups in total. The molecule has 1 amide bonds. The molecule has 0 spiro atoms. The summed E-state index contributed by atoms with van der Waals surface area (Å²) in [5.74, 6) is -0.119. The molecular formula is C16H28N2O2. The number of nitrogens with one attached hydrogen (secondary N) is 1. The fraction of sp³-hybridized carbons (Fsp3) is 0.875. The highest BCUT2D eigenvalue weighted by molar-refractivity contribution is 5.85. The Bertz CT molecular complexity index is 352. The summed E-state index contributed by atoms with van der Waals surface area (Å²) in [6.45, 7) is 8.18. The van der Waals surface area contributed by atoms with Crippen LogP contribution in [0.15, 0.2) is 0 Å². The summed E-state index contributed by atoms with van der Waals surface area (Å²) in [5, 5.41) is 12.3. The Kier molecular flexibility index (Phi) is 6.48. The summed E-state index contributed by atoms with van der Waals surface area (Å²) >= 11 is 0. The molecular weight excluding hydrogens is 252 g/mol. The van der Waals surface area contributed by atoms with Gasteiger partial charge in [0.15, 0.2) is 0 Å². The Morgan fingerprint density at radius 1 is 1.35 bits per heavy atom. The highest BCUT2D eigenvalue weighted by Crippen LogP contribution is 2.30. The van der Waals surface area contributed by atoms with E-state index in [0.29, 0.717) is 32.6 Å². The maximum absolute atomic E-state index is 12.3. The van der Waals surface area contributed by atoms with Crippen LogP contribution in [0.2, 0.25) is 0 Å². The molecule has 0 atom stereocenters. The summed E-state index contributed by atoms with van der Waals surface area (Å²) in [6, 6.07) is 2.21. The van der Waals surface area contributed by atoms with Gasteiger partial charge in [-0.15, -0.1) is 0 Å². The van der Waals surface area contributed by atoms with Crippen LogP contribution in [0.3, 0.4) is 0 Å². The van der Waals surface area contributed by atoms with Gasteiger partial charge in [-0.25, -0.2) is 0 Å². The summed E-state index contributed by atoms with van der Waals surface area (Å²) in [7, 11) is 0. The number of nitriles is 1. The second kappa shape index (κ2) is 7.64. The molecule has 0 radical (unpaired) electrons. The molecule has 0 bridgehead atoms. The minimum absolute atomic E-state index is 0.0899. The minimum atomic E-state index is -0.877. The second-order valence-electron chi connectivity index (χ2n) is 6.61. The summed E-state index contributed by atoms with van der Waals surface area (Å²) in [6.07, 6.45) is 5.74. The number of carbonyl (C=O) groups excluding carboxylic acids is 1. The molecule has 1 fully saturated rings. The van der Waals surface area contributed by atoms with Crippen molar-refractivity contribution in [1.82, 2.24) is 5.32 Å². The lowest BCUT2D eigenvalue weighted by molar-refractivity contribution is -0.132. The van der Waals surface area contributed by atoms with Crippen molar-refractivity contribution in [3.63, 3.8) is 0 Å². The average Bonchev–Trinajstić information content (AvgIpc) is 2.45. The quantitative estimate of drug-likeness (QED) is 0.729. The maximum Gasteiger partial charge on any atom is 0.240 e. The minimum Gasteiger partial charge on any atom is -0.381 e. The third kappa shape index (κ3) is 4.79. The van der Waals surface area contributed by atoms with Gasteiger partial charge < -0.3 is 10.1 Å². The molecule has 1 aliphatic heterocycles. The first-order valence-corrected chi connectivity index (χ1v) is 7.73. The summed E-state index contributed by atoms with van der Waals surface area (Å²) in [5.41, 5.74) is -0.787.